The maximum absolute atomic E-state index is 12.6. The van der Waals surface area contributed by atoms with E-state index in [4.69, 9.17) is 0 Å². The highest BCUT2D eigenvalue weighted by atomic mass is 79.9. The molecule has 19 heavy (non-hydrogen) atoms. The molecule has 0 aliphatic carbocycles. The Kier molecular flexibility index (Phi) is 2.95. The van der Waals surface area contributed by atoms with E-state index in [2.05, 4.69) is 25.9 Å². The van der Waals surface area contributed by atoms with Gasteiger partial charge < -0.3 is 4.98 Å². The SMILES string of the molecule is Cc1cc(Br)ccc1C(=O)c1c[nH]c2ccncc12. The quantitative estimate of drug-likeness (QED) is 0.730. The summed E-state index contributed by atoms with van der Waals surface area (Å²) >= 11 is 3.41. The number of fused-ring (bicyclic) bond motifs is 1. The van der Waals surface area contributed by atoms with Crippen LogP contribution in [0.1, 0.15) is 21.5 Å². The van der Waals surface area contributed by atoms with Gasteiger partial charge in [-0.05, 0) is 36.8 Å². The van der Waals surface area contributed by atoms with Crippen LogP contribution in [0.3, 0.4) is 0 Å². The summed E-state index contributed by atoms with van der Waals surface area (Å²) in [4.78, 5) is 19.8. The molecule has 94 valence electrons. The first-order valence-electron chi connectivity index (χ1n) is 5.89. The van der Waals surface area contributed by atoms with Crippen molar-refractivity contribution in [3.05, 3.63) is 64.0 Å². The third-order valence-corrected chi connectivity index (χ3v) is 3.65. The minimum atomic E-state index is 0.0178. The Balaban J connectivity index is 2.13. The van der Waals surface area contributed by atoms with Crippen LogP contribution in [0.25, 0.3) is 10.9 Å². The Morgan fingerprint density at radius 3 is 2.89 bits per heavy atom. The second kappa shape index (κ2) is 4.63. The number of pyridine rings is 1. The maximum atomic E-state index is 12.6. The van der Waals surface area contributed by atoms with Gasteiger partial charge in [-0.25, -0.2) is 0 Å². The number of benzene rings is 1. The van der Waals surface area contributed by atoms with E-state index in [0.717, 1.165) is 20.9 Å². The minimum absolute atomic E-state index is 0.0178. The lowest BCUT2D eigenvalue weighted by molar-refractivity contribution is 0.103. The summed E-state index contributed by atoms with van der Waals surface area (Å²) in [5, 5.41) is 0.856. The number of ketones is 1. The topological polar surface area (TPSA) is 45.8 Å². The van der Waals surface area contributed by atoms with Crippen LogP contribution in [-0.2, 0) is 0 Å². The number of aryl methyl sites for hydroxylation is 1. The molecule has 0 atom stereocenters. The monoisotopic (exact) mass is 314 g/mol. The van der Waals surface area contributed by atoms with E-state index in [1.54, 1.807) is 18.6 Å². The summed E-state index contributed by atoms with van der Waals surface area (Å²) in [6.07, 6.45) is 5.17. The number of hydrogen-bond acceptors (Lipinski definition) is 2. The van der Waals surface area contributed by atoms with Crippen molar-refractivity contribution in [3.8, 4) is 0 Å². The lowest BCUT2D eigenvalue weighted by atomic mass is 9.99. The third-order valence-electron chi connectivity index (χ3n) is 3.16. The highest BCUT2D eigenvalue weighted by Gasteiger charge is 2.16. The van der Waals surface area contributed by atoms with Gasteiger partial charge >= 0.3 is 0 Å². The standard InChI is InChI=1S/C15H11BrN2O/c1-9-6-10(16)2-3-11(9)15(19)13-8-18-14-4-5-17-7-12(13)14/h2-8,18H,1H3. The summed E-state index contributed by atoms with van der Waals surface area (Å²) in [5.41, 5.74) is 3.26. The van der Waals surface area contributed by atoms with Gasteiger partial charge in [0, 0.05) is 45.1 Å². The van der Waals surface area contributed by atoms with Crippen molar-refractivity contribution in [2.75, 3.05) is 0 Å². The number of hydrogen-bond donors (Lipinski definition) is 1. The van der Waals surface area contributed by atoms with Crippen LogP contribution >= 0.6 is 15.9 Å². The van der Waals surface area contributed by atoms with Crippen LogP contribution < -0.4 is 0 Å². The fourth-order valence-corrected chi connectivity index (χ4v) is 2.65. The molecule has 0 saturated carbocycles. The average Bonchev–Trinajstić information content (AvgIpc) is 2.82. The molecular weight excluding hydrogens is 304 g/mol. The van der Waals surface area contributed by atoms with Crippen LogP contribution in [0.4, 0.5) is 0 Å². The van der Waals surface area contributed by atoms with Gasteiger partial charge in [-0.1, -0.05) is 15.9 Å². The zero-order chi connectivity index (χ0) is 13.4. The molecule has 0 fully saturated rings. The summed E-state index contributed by atoms with van der Waals surface area (Å²) in [6, 6.07) is 7.53. The second-order valence-corrected chi connectivity index (χ2v) is 5.33. The van der Waals surface area contributed by atoms with Crippen LogP contribution in [-0.4, -0.2) is 15.8 Å². The van der Waals surface area contributed by atoms with Gasteiger partial charge in [0.1, 0.15) is 0 Å². The van der Waals surface area contributed by atoms with Crippen LogP contribution in [0, 0.1) is 6.92 Å². The highest BCUT2D eigenvalue weighted by molar-refractivity contribution is 9.10. The van der Waals surface area contributed by atoms with Crippen LogP contribution in [0.2, 0.25) is 0 Å². The molecule has 0 bridgehead atoms. The Morgan fingerprint density at radius 1 is 1.26 bits per heavy atom. The fraction of sp³-hybridized carbons (Fsp3) is 0.0667. The zero-order valence-corrected chi connectivity index (χ0v) is 11.9. The predicted molar refractivity (Wildman–Crippen MR) is 78.4 cm³/mol. The van der Waals surface area contributed by atoms with E-state index in [0.29, 0.717) is 11.1 Å². The number of carbonyl (C=O) groups excluding carboxylic acids is 1. The van der Waals surface area contributed by atoms with E-state index in [-0.39, 0.29) is 5.78 Å². The number of rotatable bonds is 2. The molecule has 3 nitrogen and oxygen atoms in total. The van der Waals surface area contributed by atoms with Gasteiger partial charge in [-0.2, -0.15) is 0 Å². The van der Waals surface area contributed by atoms with Crippen molar-refractivity contribution in [1.82, 2.24) is 9.97 Å². The number of carbonyl (C=O) groups is 1. The van der Waals surface area contributed by atoms with Crippen molar-refractivity contribution in [3.63, 3.8) is 0 Å². The molecule has 4 heteroatoms. The summed E-state index contributed by atoms with van der Waals surface area (Å²) < 4.78 is 0.974. The van der Waals surface area contributed by atoms with Gasteiger partial charge in [0.15, 0.2) is 5.78 Å². The predicted octanol–water partition coefficient (Wildman–Crippen LogP) is 3.86. The van der Waals surface area contributed by atoms with Gasteiger partial charge in [-0.3, -0.25) is 9.78 Å². The Hall–Kier alpha value is -1.94. The fourth-order valence-electron chi connectivity index (χ4n) is 2.18. The van der Waals surface area contributed by atoms with Crippen molar-refractivity contribution in [2.24, 2.45) is 0 Å². The number of halogens is 1. The number of H-pyrrole nitrogens is 1. The van der Waals surface area contributed by atoms with Crippen molar-refractivity contribution in [1.29, 1.82) is 0 Å². The molecular formula is C15H11BrN2O. The molecule has 0 spiro atoms. The molecule has 3 aromatic rings. The minimum Gasteiger partial charge on any atom is -0.360 e. The Bertz CT molecular complexity index is 777. The van der Waals surface area contributed by atoms with Gasteiger partial charge in [0.05, 0.1) is 0 Å². The molecule has 3 rings (SSSR count). The van der Waals surface area contributed by atoms with Crippen LogP contribution in [0.15, 0.2) is 47.3 Å². The maximum Gasteiger partial charge on any atom is 0.195 e. The first-order chi connectivity index (χ1) is 9.16. The molecule has 0 unspecified atom stereocenters. The molecule has 2 aromatic heterocycles. The lowest BCUT2D eigenvalue weighted by Gasteiger charge is -2.04. The van der Waals surface area contributed by atoms with Crippen molar-refractivity contribution in [2.45, 2.75) is 6.92 Å². The number of aromatic amines is 1. The summed E-state index contributed by atoms with van der Waals surface area (Å²) in [7, 11) is 0. The van der Waals surface area contributed by atoms with E-state index >= 15 is 0 Å². The first kappa shape index (κ1) is 12.1. The molecule has 0 amide bonds. The molecule has 2 heterocycles. The molecule has 0 radical (unpaired) electrons. The smallest absolute Gasteiger partial charge is 0.195 e. The van der Waals surface area contributed by atoms with Gasteiger partial charge in [0.25, 0.3) is 0 Å². The van der Waals surface area contributed by atoms with E-state index in [1.807, 2.05) is 31.2 Å². The van der Waals surface area contributed by atoms with Gasteiger partial charge in [0.2, 0.25) is 0 Å². The number of aromatic nitrogens is 2. The Morgan fingerprint density at radius 2 is 2.11 bits per heavy atom. The second-order valence-electron chi connectivity index (χ2n) is 4.41. The van der Waals surface area contributed by atoms with Crippen molar-refractivity contribution >= 4 is 32.6 Å². The van der Waals surface area contributed by atoms with E-state index < -0.39 is 0 Å². The number of nitrogens with one attached hydrogen (secondary N) is 1. The molecule has 0 saturated heterocycles. The molecule has 0 aliphatic rings. The van der Waals surface area contributed by atoms with E-state index in [9.17, 15) is 4.79 Å². The normalized spacial score (nSPS) is 10.8. The summed E-state index contributed by atoms with van der Waals surface area (Å²) in [6.45, 7) is 1.94. The molecule has 1 aromatic carbocycles. The average molecular weight is 315 g/mol. The molecule has 0 aliphatic heterocycles. The van der Waals surface area contributed by atoms with E-state index in [1.165, 1.54) is 0 Å². The number of nitrogens with zero attached hydrogens (tertiary/aromatic N) is 1. The van der Waals surface area contributed by atoms with Crippen LogP contribution in [0.5, 0.6) is 0 Å². The lowest BCUT2D eigenvalue weighted by Crippen LogP contribution is -2.02. The van der Waals surface area contributed by atoms with Gasteiger partial charge in [-0.15, -0.1) is 0 Å². The first-order valence-corrected chi connectivity index (χ1v) is 6.68. The largest absolute Gasteiger partial charge is 0.360 e. The Labute approximate surface area is 118 Å². The molecule has 1 N–H and O–H groups in total. The van der Waals surface area contributed by atoms with Crippen molar-refractivity contribution < 1.29 is 4.79 Å². The summed E-state index contributed by atoms with van der Waals surface area (Å²) in [5.74, 6) is 0.0178. The third kappa shape index (κ3) is 2.08. The highest BCUT2D eigenvalue weighted by Crippen LogP contribution is 2.23. The zero-order valence-electron chi connectivity index (χ0n) is 10.3.